The van der Waals surface area contributed by atoms with Gasteiger partial charge in [-0.25, -0.2) is 0 Å². The van der Waals surface area contributed by atoms with Crippen molar-refractivity contribution < 1.29 is 40.4 Å². The van der Waals surface area contributed by atoms with E-state index in [1.54, 1.807) is 33.7 Å². The Morgan fingerprint density at radius 2 is 1.09 bits per heavy atom. The molecule has 0 amide bonds. The molecule has 6 rings (SSSR count). The van der Waals surface area contributed by atoms with Crippen molar-refractivity contribution in [2.75, 3.05) is 21.3 Å². The maximum Gasteiger partial charge on any atom is 2.00 e. The molecule has 0 saturated carbocycles. The molecule has 0 fully saturated rings. The van der Waals surface area contributed by atoms with E-state index in [-0.39, 0.29) is 27.7 Å². The van der Waals surface area contributed by atoms with E-state index in [9.17, 15) is 5.11 Å². The third-order valence-corrected chi connectivity index (χ3v) is 7.80. The predicted molar refractivity (Wildman–Crippen MR) is 183 cm³/mol. The molecule has 0 unspecified atom stereocenters. The van der Waals surface area contributed by atoms with Gasteiger partial charge in [0.05, 0.1) is 27.9 Å². The third-order valence-electron chi connectivity index (χ3n) is 7.80. The third kappa shape index (κ3) is 7.97. The van der Waals surface area contributed by atoms with Crippen LogP contribution in [0, 0.1) is 26.0 Å². The normalized spacial score (nSPS) is 10.3. The van der Waals surface area contributed by atoms with Gasteiger partial charge in [-0.05, 0) is 48.5 Å². The minimum Gasteiger partial charge on any atom is -0.540 e. The van der Waals surface area contributed by atoms with Crippen molar-refractivity contribution in [1.29, 1.82) is 0 Å². The summed E-state index contributed by atoms with van der Waals surface area (Å²) >= 11 is 0. The zero-order valence-corrected chi connectivity index (χ0v) is 29.3. The van der Waals surface area contributed by atoms with Gasteiger partial charge in [0, 0.05) is 23.9 Å². The van der Waals surface area contributed by atoms with Crippen LogP contribution in [-0.2, 0) is 27.7 Å². The Balaban J connectivity index is 0.000000208. The molecule has 7 heteroatoms. The predicted octanol–water partition coefficient (Wildman–Crippen LogP) is 8.56. The van der Waals surface area contributed by atoms with Crippen LogP contribution in [0.15, 0.2) is 109 Å². The molecule has 6 aromatic rings. The SMILES string of the molecule is COc1c[c-]c(-c2nccc(CO)c2C)c(-c2ccccc2)c1.COc1c[c-]c(-c2nccc(OC)c2C)c(-c2ccccc2)c1.[Pt+2]. The van der Waals surface area contributed by atoms with Crippen molar-refractivity contribution >= 4 is 0 Å². The van der Waals surface area contributed by atoms with Crippen LogP contribution in [0.5, 0.6) is 17.2 Å². The Morgan fingerprint density at radius 1 is 0.617 bits per heavy atom. The number of hydrogen-bond donors (Lipinski definition) is 1. The van der Waals surface area contributed by atoms with Crippen molar-refractivity contribution in [3.63, 3.8) is 0 Å². The van der Waals surface area contributed by atoms with Crippen molar-refractivity contribution in [2.24, 2.45) is 0 Å². The second-order valence-corrected chi connectivity index (χ2v) is 10.5. The number of nitrogens with zero attached hydrogens (tertiary/aromatic N) is 2. The Morgan fingerprint density at radius 3 is 1.53 bits per heavy atom. The van der Waals surface area contributed by atoms with Crippen LogP contribution in [-0.4, -0.2) is 36.4 Å². The molecule has 0 spiro atoms. The van der Waals surface area contributed by atoms with Crippen LogP contribution in [0.25, 0.3) is 44.8 Å². The van der Waals surface area contributed by atoms with Gasteiger partial charge in [0.1, 0.15) is 5.75 Å². The van der Waals surface area contributed by atoms with Crippen molar-refractivity contribution in [1.82, 2.24) is 9.97 Å². The molecular formula is C40H36N2O4Pt. The first-order valence-corrected chi connectivity index (χ1v) is 14.8. The quantitative estimate of drug-likeness (QED) is 0.156. The van der Waals surface area contributed by atoms with Crippen LogP contribution in [0.4, 0.5) is 0 Å². The van der Waals surface area contributed by atoms with Crippen LogP contribution in [0.2, 0.25) is 0 Å². The number of hydrogen-bond acceptors (Lipinski definition) is 6. The molecule has 0 aliphatic heterocycles. The number of methoxy groups -OCH3 is 3. The monoisotopic (exact) mass is 803 g/mol. The molecule has 2 heterocycles. The van der Waals surface area contributed by atoms with E-state index in [1.807, 2.05) is 86.6 Å². The maximum atomic E-state index is 9.50. The van der Waals surface area contributed by atoms with Gasteiger partial charge in [0.2, 0.25) is 0 Å². The molecule has 1 N–H and O–H groups in total. The fourth-order valence-corrected chi connectivity index (χ4v) is 5.26. The van der Waals surface area contributed by atoms with Gasteiger partial charge in [-0.1, -0.05) is 101 Å². The van der Waals surface area contributed by atoms with Crippen LogP contribution < -0.4 is 14.2 Å². The van der Waals surface area contributed by atoms with E-state index in [2.05, 4.69) is 46.4 Å². The van der Waals surface area contributed by atoms with Gasteiger partial charge < -0.3 is 29.3 Å². The summed E-state index contributed by atoms with van der Waals surface area (Å²) in [5.74, 6) is 2.34. The Labute approximate surface area is 291 Å². The Kier molecular flexibility index (Phi) is 12.5. The molecule has 4 aromatic carbocycles. The van der Waals surface area contributed by atoms with E-state index in [1.165, 1.54) is 0 Å². The summed E-state index contributed by atoms with van der Waals surface area (Å²) in [4.78, 5) is 9.06. The second kappa shape index (κ2) is 16.7. The van der Waals surface area contributed by atoms with E-state index < -0.39 is 0 Å². The van der Waals surface area contributed by atoms with Crippen LogP contribution in [0.3, 0.4) is 0 Å². The number of ether oxygens (including phenoxy) is 3. The first-order chi connectivity index (χ1) is 22.5. The summed E-state index contributed by atoms with van der Waals surface area (Å²) < 4.78 is 16.1. The molecule has 0 bridgehead atoms. The number of aliphatic hydroxyl groups excluding tert-OH is 1. The Bertz CT molecular complexity index is 1770. The minimum absolute atomic E-state index is 0. The standard InChI is InChI=1S/2C20H18NO2.Pt/c1-14-19(23-3)11-12-21-20(14)17-10-9-16(22-2)13-18(17)15-7-5-4-6-8-15;1-14-16(13-22)10-11-21-20(14)18-9-8-17(23-2)12-19(18)15-6-4-3-5-7-15;/h4-9,11-13H,1-3H3;3-8,10-12,22H,13H2,1-2H3;/q2*-1;+2. The van der Waals surface area contributed by atoms with Gasteiger partial charge in [0.25, 0.3) is 0 Å². The molecule has 240 valence electrons. The van der Waals surface area contributed by atoms with Gasteiger partial charge in [-0.2, -0.15) is 0 Å². The number of pyridine rings is 2. The van der Waals surface area contributed by atoms with Crippen molar-refractivity contribution in [2.45, 2.75) is 20.5 Å². The summed E-state index contributed by atoms with van der Waals surface area (Å²) in [6.45, 7) is 3.98. The first-order valence-electron chi connectivity index (χ1n) is 14.8. The summed E-state index contributed by atoms with van der Waals surface area (Å²) in [6, 6.07) is 38.3. The molecule has 0 aliphatic rings. The van der Waals surface area contributed by atoms with E-state index in [0.29, 0.717) is 0 Å². The number of rotatable bonds is 8. The zero-order valence-electron chi connectivity index (χ0n) is 27.0. The maximum absolute atomic E-state index is 9.50. The first kappa shape index (κ1) is 35.1. The molecule has 0 saturated heterocycles. The van der Waals surface area contributed by atoms with Gasteiger partial charge >= 0.3 is 21.1 Å². The second-order valence-electron chi connectivity index (χ2n) is 10.5. The summed E-state index contributed by atoms with van der Waals surface area (Å²) in [7, 11) is 4.97. The topological polar surface area (TPSA) is 73.7 Å². The molecule has 2 aromatic heterocycles. The van der Waals surface area contributed by atoms with E-state index >= 15 is 0 Å². The summed E-state index contributed by atoms with van der Waals surface area (Å²) in [5, 5.41) is 9.50. The average molecular weight is 804 g/mol. The van der Waals surface area contributed by atoms with Gasteiger partial charge in [-0.15, -0.1) is 35.4 Å². The van der Waals surface area contributed by atoms with E-state index in [0.717, 1.165) is 78.7 Å². The smallest absolute Gasteiger partial charge is 0.540 e. The largest absolute Gasteiger partial charge is 2.00 e. The Hall–Kier alpha value is -4.77. The van der Waals surface area contributed by atoms with Crippen molar-refractivity contribution in [3.05, 3.63) is 138 Å². The van der Waals surface area contributed by atoms with Crippen molar-refractivity contribution in [3.8, 4) is 62.0 Å². The van der Waals surface area contributed by atoms with Crippen LogP contribution >= 0.6 is 0 Å². The molecule has 6 nitrogen and oxygen atoms in total. The number of benzene rings is 4. The average Bonchev–Trinajstić information content (AvgIpc) is 3.12. The van der Waals surface area contributed by atoms with Gasteiger partial charge in [-0.3, -0.25) is 0 Å². The fourth-order valence-electron chi connectivity index (χ4n) is 5.26. The number of aliphatic hydroxyl groups is 1. The molecule has 0 radical (unpaired) electrons. The van der Waals surface area contributed by atoms with E-state index in [4.69, 9.17) is 14.2 Å². The molecule has 0 aliphatic carbocycles. The molecule has 0 atom stereocenters. The van der Waals surface area contributed by atoms with Crippen LogP contribution in [0.1, 0.15) is 16.7 Å². The number of aromatic nitrogens is 2. The zero-order chi connectivity index (χ0) is 32.5. The summed E-state index contributed by atoms with van der Waals surface area (Å²) in [6.07, 6.45) is 3.48. The fraction of sp³-hybridized carbons (Fsp3) is 0.150. The summed E-state index contributed by atoms with van der Waals surface area (Å²) in [5.41, 5.74) is 10.6. The minimum atomic E-state index is -0.00181. The molecular weight excluding hydrogens is 768 g/mol. The molecule has 47 heavy (non-hydrogen) atoms. The van der Waals surface area contributed by atoms with Gasteiger partial charge in [0.15, 0.2) is 0 Å².